The molecule has 1 aliphatic rings. The van der Waals surface area contributed by atoms with Gasteiger partial charge in [-0.25, -0.2) is 4.52 Å². The van der Waals surface area contributed by atoms with E-state index in [0.29, 0.717) is 46.7 Å². The van der Waals surface area contributed by atoms with Crippen LogP contribution in [0.2, 0.25) is 0 Å². The molecule has 5 heterocycles. The summed E-state index contributed by atoms with van der Waals surface area (Å²) in [5.74, 6) is -0.481. The first-order valence-electron chi connectivity index (χ1n) is 12.1. The lowest BCUT2D eigenvalue weighted by Gasteiger charge is -2.30. The second-order valence-corrected chi connectivity index (χ2v) is 10.1. The second kappa shape index (κ2) is 11.1. The number of nitrogens with one attached hydrogen (secondary N) is 2. The summed E-state index contributed by atoms with van der Waals surface area (Å²) in [6, 6.07) is 4.08. The van der Waals surface area contributed by atoms with Crippen LogP contribution in [-0.4, -0.2) is 73.9 Å². The summed E-state index contributed by atoms with van der Waals surface area (Å²) in [6.07, 6.45) is 10.2. The average molecular weight is 534 g/mol. The minimum Gasteiger partial charge on any atom is -0.381 e. The molecule has 0 atom stereocenters. The highest BCUT2D eigenvalue weighted by Crippen LogP contribution is 2.31. The van der Waals surface area contributed by atoms with E-state index in [1.807, 2.05) is 18.1 Å². The fourth-order valence-corrected chi connectivity index (χ4v) is 5.36. The molecule has 196 valence electrons. The van der Waals surface area contributed by atoms with Gasteiger partial charge in [0.15, 0.2) is 0 Å². The van der Waals surface area contributed by atoms with Gasteiger partial charge >= 0.3 is 0 Å². The minimum atomic E-state index is -0.332. The van der Waals surface area contributed by atoms with Crippen molar-refractivity contribution in [3.63, 3.8) is 0 Å². The summed E-state index contributed by atoms with van der Waals surface area (Å²) >= 11 is 1.41. The van der Waals surface area contributed by atoms with Crippen LogP contribution in [0.4, 0.5) is 11.4 Å². The molecule has 38 heavy (non-hydrogen) atoms. The van der Waals surface area contributed by atoms with Gasteiger partial charge in [0.1, 0.15) is 11.4 Å². The van der Waals surface area contributed by atoms with Crippen LogP contribution in [0.5, 0.6) is 0 Å². The average Bonchev–Trinajstić information content (AvgIpc) is 3.63. The Kier molecular flexibility index (Phi) is 7.45. The Morgan fingerprint density at radius 3 is 2.82 bits per heavy atom. The number of hydrogen-bond acceptors (Lipinski definition) is 9. The highest BCUT2D eigenvalue weighted by molar-refractivity contribution is 7.21. The number of carbonyl (C=O) groups is 2. The number of nitriles is 1. The molecule has 0 aliphatic carbocycles. The SMILES string of the molecule is Cc1ncc(NC(=O)CN(C)C2CCOCC2)cc1NC(=O)c1cnn2cc(-c3cnn(CC#N)c3)sc12. The third kappa shape index (κ3) is 5.57. The number of aryl methyl sites for hydroxylation is 1. The van der Waals surface area contributed by atoms with E-state index < -0.39 is 0 Å². The van der Waals surface area contributed by atoms with Crippen molar-refractivity contribution in [2.45, 2.75) is 32.4 Å². The first-order valence-corrected chi connectivity index (χ1v) is 13.0. The number of pyridine rings is 1. The van der Waals surface area contributed by atoms with Crippen molar-refractivity contribution < 1.29 is 14.3 Å². The molecule has 1 aliphatic heterocycles. The molecule has 13 heteroatoms. The van der Waals surface area contributed by atoms with Crippen molar-refractivity contribution in [3.05, 3.63) is 48.3 Å². The predicted molar refractivity (Wildman–Crippen MR) is 142 cm³/mol. The van der Waals surface area contributed by atoms with Gasteiger partial charge in [-0.2, -0.15) is 15.5 Å². The van der Waals surface area contributed by atoms with Gasteiger partial charge in [-0.1, -0.05) is 0 Å². The molecule has 1 fully saturated rings. The molecular weight excluding hydrogens is 506 g/mol. The van der Waals surface area contributed by atoms with E-state index in [1.54, 1.807) is 40.8 Å². The van der Waals surface area contributed by atoms with E-state index in [-0.39, 0.29) is 24.9 Å². The van der Waals surface area contributed by atoms with Gasteiger partial charge in [-0.05, 0) is 32.9 Å². The van der Waals surface area contributed by atoms with E-state index in [9.17, 15) is 9.59 Å². The number of anilines is 2. The lowest BCUT2D eigenvalue weighted by atomic mass is 10.1. The van der Waals surface area contributed by atoms with Gasteiger partial charge in [0.2, 0.25) is 5.91 Å². The minimum absolute atomic E-state index is 0.149. The molecule has 2 amide bonds. The molecule has 0 spiro atoms. The summed E-state index contributed by atoms with van der Waals surface area (Å²) in [6.45, 7) is 3.63. The first kappa shape index (κ1) is 25.5. The first-order chi connectivity index (χ1) is 18.4. The van der Waals surface area contributed by atoms with Gasteiger partial charge in [-0.3, -0.25) is 24.2 Å². The molecule has 1 saturated heterocycles. The van der Waals surface area contributed by atoms with E-state index in [1.165, 1.54) is 17.5 Å². The molecular formula is C25H27N9O3S. The highest BCUT2D eigenvalue weighted by atomic mass is 32.1. The number of ether oxygens (including phenoxy) is 1. The maximum absolute atomic E-state index is 13.2. The Labute approximate surface area is 222 Å². The number of aromatic nitrogens is 5. The molecule has 5 rings (SSSR count). The number of likely N-dealkylation sites (N-methyl/N-ethyl adjacent to an activating group) is 1. The number of amides is 2. The van der Waals surface area contributed by atoms with Gasteiger partial charge < -0.3 is 15.4 Å². The van der Waals surface area contributed by atoms with Crippen molar-refractivity contribution in [3.8, 4) is 16.5 Å². The third-order valence-corrected chi connectivity index (χ3v) is 7.58. The molecule has 0 bridgehead atoms. The number of hydrogen-bond donors (Lipinski definition) is 2. The van der Waals surface area contributed by atoms with Crippen LogP contribution in [0.25, 0.3) is 15.3 Å². The summed E-state index contributed by atoms with van der Waals surface area (Å²) in [4.78, 5) is 33.8. The zero-order valence-corrected chi connectivity index (χ0v) is 21.9. The Hall–Kier alpha value is -4.12. The van der Waals surface area contributed by atoms with Crippen molar-refractivity contribution in [1.82, 2.24) is 29.3 Å². The molecule has 2 N–H and O–H groups in total. The molecule has 4 aromatic rings. The van der Waals surface area contributed by atoms with E-state index in [0.717, 1.165) is 23.3 Å². The number of nitrogens with zero attached hydrogens (tertiary/aromatic N) is 7. The summed E-state index contributed by atoms with van der Waals surface area (Å²) in [5.41, 5.74) is 2.88. The summed E-state index contributed by atoms with van der Waals surface area (Å²) in [7, 11) is 1.94. The van der Waals surface area contributed by atoms with Gasteiger partial charge in [0, 0.05) is 37.2 Å². The van der Waals surface area contributed by atoms with Gasteiger partial charge in [0.05, 0.1) is 58.7 Å². The zero-order chi connectivity index (χ0) is 26.6. The van der Waals surface area contributed by atoms with Crippen molar-refractivity contribution in [2.75, 3.05) is 37.4 Å². The molecule has 4 aromatic heterocycles. The summed E-state index contributed by atoms with van der Waals surface area (Å²) in [5, 5.41) is 23.1. The summed E-state index contributed by atoms with van der Waals surface area (Å²) < 4.78 is 8.60. The third-order valence-electron chi connectivity index (χ3n) is 6.42. The Morgan fingerprint density at radius 2 is 2.03 bits per heavy atom. The zero-order valence-electron chi connectivity index (χ0n) is 21.0. The monoisotopic (exact) mass is 533 g/mol. The van der Waals surface area contributed by atoms with E-state index >= 15 is 0 Å². The van der Waals surface area contributed by atoms with Crippen LogP contribution >= 0.6 is 11.3 Å². The van der Waals surface area contributed by atoms with Gasteiger partial charge in [-0.15, -0.1) is 11.3 Å². The van der Waals surface area contributed by atoms with Crippen LogP contribution in [0.1, 0.15) is 28.9 Å². The van der Waals surface area contributed by atoms with Crippen molar-refractivity contribution in [1.29, 1.82) is 5.26 Å². The maximum atomic E-state index is 13.2. The molecule has 0 saturated carbocycles. The normalized spacial score (nSPS) is 14.1. The van der Waals surface area contributed by atoms with Crippen LogP contribution in [0.15, 0.2) is 37.1 Å². The molecule has 0 unspecified atom stereocenters. The smallest absolute Gasteiger partial charge is 0.260 e. The van der Waals surface area contributed by atoms with Crippen molar-refractivity contribution in [2.24, 2.45) is 0 Å². The fraction of sp³-hybridized carbons (Fsp3) is 0.360. The van der Waals surface area contributed by atoms with Crippen molar-refractivity contribution >= 4 is 39.4 Å². The predicted octanol–water partition coefficient (Wildman–Crippen LogP) is 2.79. The largest absolute Gasteiger partial charge is 0.381 e. The van der Waals surface area contributed by atoms with Gasteiger partial charge in [0.25, 0.3) is 5.91 Å². The Balaban J connectivity index is 1.27. The maximum Gasteiger partial charge on any atom is 0.260 e. The van der Waals surface area contributed by atoms with E-state index in [4.69, 9.17) is 10.00 Å². The fourth-order valence-electron chi connectivity index (χ4n) is 4.32. The number of fused-ring (bicyclic) bond motifs is 1. The van der Waals surface area contributed by atoms with Crippen LogP contribution in [0, 0.1) is 18.3 Å². The number of carbonyl (C=O) groups excluding carboxylic acids is 2. The van der Waals surface area contributed by atoms with Crippen LogP contribution in [0.3, 0.4) is 0 Å². The topological polar surface area (TPSA) is 142 Å². The quantitative estimate of drug-likeness (QED) is 0.352. The molecule has 0 aromatic carbocycles. The lowest BCUT2D eigenvalue weighted by Crippen LogP contribution is -2.41. The van der Waals surface area contributed by atoms with Crippen LogP contribution < -0.4 is 10.6 Å². The molecule has 12 nitrogen and oxygen atoms in total. The van der Waals surface area contributed by atoms with Crippen LogP contribution in [-0.2, 0) is 16.1 Å². The number of thiazole rings is 1. The standard InChI is InChI=1S/C25H27N9O3S/c1-16-21(9-18(11-27-16)30-23(35)15-32(2)19-3-7-37-8-4-19)31-24(36)20-12-29-34-14-22(38-25(20)34)17-10-28-33(13-17)6-5-26/h9-14,19H,3-4,6-8,15H2,1-2H3,(H,30,35)(H,31,36). The van der Waals surface area contributed by atoms with E-state index in [2.05, 4.69) is 31.9 Å². The second-order valence-electron chi connectivity index (χ2n) is 9.11. The molecule has 0 radical (unpaired) electrons. The highest BCUT2D eigenvalue weighted by Gasteiger charge is 2.21. The lowest BCUT2D eigenvalue weighted by molar-refractivity contribution is -0.118. The Bertz CT molecular complexity index is 1510. The number of rotatable bonds is 8. The Morgan fingerprint density at radius 1 is 1.21 bits per heavy atom.